The molecule has 0 saturated carbocycles. The van der Waals surface area contributed by atoms with E-state index < -0.39 is 0 Å². The van der Waals surface area contributed by atoms with Crippen LogP contribution in [0.4, 0.5) is 5.82 Å². The smallest absolute Gasteiger partial charge is 0.248 e. The highest BCUT2D eigenvalue weighted by atomic mass is 35.5. The van der Waals surface area contributed by atoms with E-state index in [9.17, 15) is 4.79 Å². The van der Waals surface area contributed by atoms with Crippen LogP contribution in [-0.4, -0.2) is 15.5 Å². The number of anilines is 1. The van der Waals surface area contributed by atoms with E-state index in [0.717, 1.165) is 6.42 Å². The zero-order chi connectivity index (χ0) is 14.5. The molecule has 0 aromatic carbocycles. The molecule has 0 bridgehead atoms. The minimum absolute atomic E-state index is 0.0651. The third-order valence-electron chi connectivity index (χ3n) is 2.96. The van der Waals surface area contributed by atoms with Gasteiger partial charge in [-0.05, 0) is 36.6 Å². The molecule has 0 aliphatic heterocycles. The molecular formula is C15H18ClN3O. The normalized spacial score (nSPS) is 12.4. The summed E-state index contributed by atoms with van der Waals surface area (Å²) in [6.45, 7) is 4.20. The number of halogens is 1. The van der Waals surface area contributed by atoms with E-state index in [1.807, 2.05) is 29.1 Å². The predicted molar refractivity (Wildman–Crippen MR) is 80.8 cm³/mol. The molecule has 0 fully saturated rings. The van der Waals surface area contributed by atoms with Crippen LogP contribution in [0.3, 0.4) is 0 Å². The van der Waals surface area contributed by atoms with E-state index in [-0.39, 0.29) is 11.9 Å². The van der Waals surface area contributed by atoms with Crippen LogP contribution in [-0.2, 0) is 4.79 Å². The Morgan fingerprint density at radius 1 is 1.35 bits per heavy atom. The minimum atomic E-state index is -0.234. The zero-order valence-corrected chi connectivity index (χ0v) is 12.3. The molecule has 0 saturated heterocycles. The number of amides is 1. The molecule has 106 valence electrons. The monoisotopic (exact) mass is 291 g/mol. The van der Waals surface area contributed by atoms with Crippen molar-refractivity contribution >= 4 is 23.3 Å². The van der Waals surface area contributed by atoms with Gasteiger partial charge in [-0.25, -0.2) is 4.98 Å². The highest BCUT2D eigenvalue weighted by Crippen LogP contribution is 2.20. The lowest BCUT2D eigenvalue weighted by molar-refractivity contribution is -0.119. The maximum Gasteiger partial charge on any atom is 0.248 e. The van der Waals surface area contributed by atoms with Crippen molar-refractivity contribution in [2.75, 3.05) is 5.32 Å². The molecule has 4 nitrogen and oxygen atoms in total. The third kappa shape index (κ3) is 3.84. The van der Waals surface area contributed by atoms with Gasteiger partial charge in [0.05, 0.1) is 5.02 Å². The number of aromatic nitrogens is 2. The standard InChI is InChI=1S/C15H18ClN3O/c1-11(2)9-13(19-7-3-4-8-19)15(20)18-14-6-5-12(16)10-17-14/h3-8,10-11,13H,9H2,1-2H3,(H,17,18,20). The predicted octanol–water partition coefficient (Wildman–Crippen LogP) is 3.76. The second kappa shape index (κ2) is 6.57. The van der Waals surface area contributed by atoms with Gasteiger partial charge in [-0.15, -0.1) is 0 Å². The first-order valence-corrected chi connectivity index (χ1v) is 6.99. The summed E-state index contributed by atoms with van der Waals surface area (Å²) in [5, 5.41) is 3.38. The van der Waals surface area contributed by atoms with Crippen LogP contribution in [0.15, 0.2) is 42.9 Å². The summed E-state index contributed by atoms with van der Waals surface area (Å²) < 4.78 is 1.92. The van der Waals surface area contributed by atoms with E-state index in [1.165, 1.54) is 6.20 Å². The third-order valence-corrected chi connectivity index (χ3v) is 3.19. The van der Waals surface area contributed by atoms with Crippen molar-refractivity contribution in [3.05, 3.63) is 47.9 Å². The zero-order valence-electron chi connectivity index (χ0n) is 11.6. The van der Waals surface area contributed by atoms with Crippen LogP contribution in [0.1, 0.15) is 26.3 Å². The maximum atomic E-state index is 12.4. The number of nitrogens with one attached hydrogen (secondary N) is 1. The van der Waals surface area contributed by atoms with Gasteiger partial charge >= 0.3 is 0 Å². The first kappa shape index (κ1) is 14.6. The quantitative estimate of drug-likeness (QED) is 0.911. The van der Waals surface area contributed by atoms with Crippen molar-refractivity contribution in [1.82, 2.24) is 9.55 Å². The molecule has 1 atom stereocenters. The number of rotatable bonds is 5. The molecule has 0 aliphatic rings. The van der Waals surface area contributed by atoms with Gasteiger partial charge in [0.25, 0.3) is 0 Å². The second-order valence-electron chi connectivity index (χ2n) is 5.13. The van der Waals surface area contributed by atoms with Crippen molar-refractivity contribution in [2.24, 2.45) is 5.92 Å². The molecule has 2 heterocycles. The average molecular weight is 292 g/mol. The van der Waals surface area contributed by atoms with Gasteiger partial charge in [-0.3, -0.25) is 4.79 Å². The van der Waals surface area contributed by atoms with Gasteiger partial charge in [0.2, 0.25) is 5.91 Å². The van der Waals surface area contributed by atoms with Crippen LogP contribution in [0.25, 0.3) is 0 Å². The van der Waals surface area contributed by atoms with Crippen molar-refractivity contribution in [3.8, 4) is 0 Å². The van der Waals surface area contributed by atoms with Crippen LogP contribution >= 0.6 is 11.6 Å². The van der Waals surface area contributed by atoms with Gasteiger partial charge in [0.1, 0.15) is 11.9 Å². The summed E-state index contributed by atoms with van der Waals surface area (Å²) in [5.74, 6) is 0.872. The molecule has 1 unspecified atom stereocenters. The molecule has 0 aliphatic carbocycles. The van der Waals surface area contributed by atoms with Crippen LogP contribution in [0, 0.1) is 5.92 Å². The minimum Gasteiger partial charge on any atom is -0.342 e. The Morgan fingerprint density at radius 2 is 2.05 bits per heavy atom. The number of carbonyl (C=O) groups excluding carboxylic acids is 1. The van der Waals surface area contributed by atoms with Crippen LogP contribution in [0.5, 0.6) is 0 Å². The van der Waals surface area contributed by atoms with E-state index in [1.54, 1.807) is 12.1 Å². The Labute approximate surface area is 123 Å². The molecule has 2 aromatic rings. The number of hydrogen-bond donors (Lipinski definition) is 1. The van der Waals surface area contributed by atoms with Gasteiger partial charge in [0.15, 0.2) is 0 Å². The van der Waals surface area contributed by atoms with Gasteiger partial charge in [-0.1, -0.05) is 25.4 Å². The number of pyridine rings is 1. The summed E-state index contributed by atoms with van der Waals surface area (Å²) in [5.41, 5.74) is 0. The first-order chi connectivity index (χ1) is 9.56. The molecule has 2 rings (SSSR count). The van der Waals surface area contributed by atoms with E-state index in [0.29, 0.717) is 16.8 Å². The molecule has 5 heteroatoms. The summed E-state index contributed by atoms with van der Waals surface area (Å²) in [6, 6.07) is 7.00. The van der Waals surface area contributed by atoms with Gasteiger partial charge in [0, 0.05) is 18.6 Å². The Balaban J connectivity index is 2.12. The largest absolute Gasteiger partial charge is 0.342 e. The lowest BCUT2D eigenvalue weighted by atomic mass is 10.0. The highest BCUT2D eigenvalue weighted by molar-refractivity contribution is 6.30. The summed E-state index contributed by atoms with van der Waals surface area (Å²) in [7, 11) is 0. The Hall–Kier alpha value is -1.81. The highest BCUT2D eigenvalue weighted by Gasteiger charge is 2.21. The lowest BCUT2D eigenvalue weighted by Crippen LogP contribution is -2.26. The van der Waals surface area contributed by atoms with E-state index >= 15 is 0 Å². The van der Waals surface area contributed by atoms with Crippen molar-refractivity contribution in [3.63, 3.8) is 0 Å². The van der Waals surface area contributed by atoms with Gasteiger partial charge < -0.3 is 9.88 Å². The molecule has 0 spiro atoms. The Morgan fingerprint density at radius 3 is 2.60 bits per heavy atom. The van der Waals surface area contributed by atoms with Crippen molar-refractivity contribution < 1.29 is 4.79 Å². The van der Waals surface area contributed by atoms with E-state index in [4.69, 9.17) is 11.6 Å². The summed E-state index contributed by atoms with van der Waals surface area (Å²) >= 11 is 5.78. The summed E-state index contributed by atoms with van der Waals surface area (Å²) in [6.07, 6.45) is 6.10. The van der Waals surface area contributed by atoms with Crippen molar-refractivity contribution in [2.45, 2.75) is 26.3 Å². The van der Waals surface area contributed by atoms with Crippen molar-refractivity contribution in [1.29, 1.82) is 0 Å². The fraction of sp³-hybridized carbons (Fsp3) is 0.333. The van der Waals surface area contributed by atoms with Gasteiger partial charge in [-0.2, -0.15) is 0 Å². The molecular weight excluding hydrogens is 274 g/mol. The second-order valence-corrected chi connectivity index (χ2v) is 5.56. The summed E-state index contributed by atoms with van der Waals surface area (Å²) in [4.78, 5) is 16.5. The fourth-order valence-electron chi connectivity index (χ4n) is 2.03. The SMILES string of the molecule is CC(C)CC(C(=O)Nc1ccc(Cl)cn1)n1cccc1. The van der Waals surface area contributed by atoms with E-state index in [2.05, 4.69) is 24.1 Å². The molecule has 1 amide bonds. The van der Waals surface area contributed by atoms with Crippen LogP contribution < -0.4 is 5.32 Å². The topological polar surface area (TPSA) is 46.9 Å². The Kier molecular flexibility index (Phi) is 4.79. The number of nitrogens with zero attached hydrogens (tertiary/aromatic N) is 2. The number of hydrogen-bond acceptors (Lipinski definition) is 2. The molecule has 20 heavy (non-hydrogen) atoms. The fourth-order valence-corrected chi connectivity index (χ4v) is 2.14. The number of carbonyl (C=O) groups is 1. The first-order valence-electron chi connectivity index (χ1n) is 6.61. The Bertz CT molecular complexity index is 549. The van der Waals surface area contributed by atoms with Crippen LogP contribution in [0.2, 0.25) is 5.02 Å². The average Bonchev–Trinajstić information content (AvgIpc) is 2.92. The lowest BCUT2D eigenvalue weighted by Gasteiger charge is -2.20. The maximum absolute atomic E-state index is 12.4. The molecule has 2 aromatic heterocycles. The molecule has 0 radical (unpaired) electrons. The molecule has 1 N–H and O–H groups in total.